The van der Waals surface area contributed by atoms with Gasteiger partial charge in [-0.1, -0.05) is 0 Å². The summed E-state index contributed by atoms with van der Waals surface area (Å²) in [5.74, 6) is 0. The van der Waals surface area contributed by atoms with Gasteiger partial charge in [-0.15, -0.1) is 0 Å². The molecule has 0 atom stereocenters. The Hall–Kier alpha value is -2.10. The highest BCUT2D eigenvalue weighted by Gasteiger charge is 2.21. The van der Waals surface area contributed by atoms with E-state index in [0.29, 0.717) is 11.1 Å². The number of aryl methyl sites for hydroxylation is 1. The third-order valence-electron chi connectivity index (χ3n) is 3.01. The second kappa shape index (κ2) is 5.49. The van der Waals surface area contributed by atoms with Gasteiger partial charge in [-0.2, -0.15) is 9.57 Å². The monoisotopic (exact) mass is 290 g/mol. The van der Waals surface area contributed by atoms with Crippen LogP contribution in [-0.2, 0) is 16.6 Å². The van der Waals surface area contributed by atoms with Gasteiger partial charge in [-0.05, 0) is 36.8 Å². The minimum atomic E-state index is -3.58. The van der Waals surface area contributed by atoms with Crippen LogP contribution in [0.3, 0.4) is 0 Å². The lowest BCUT2D eigenvalue weighted by molar-refractivity contribution is 0.463. The zero-order valence-electron chi connectivity index (χ0n) is 11.2. The molecule has 0 radical (unpaired) electrons. The Morgan fingerprint density at radius 1 is 1.35 bits per heavy atom. The second-order valence-corrected chi connectivity index (χ2v) is 6.53. The summed E-state index contributed by atoms with van der Waals surface area (Å²) in [6.07, 6.45) is 3.01. The Labute approximate surface area is 118 Å². The molecule has 104 valence electrons. The summed E-state index contributed by atoms with van der Waals surface area (Å²) < 4.78 is 31.0. The van der Waals surface area contributed by atoms with E-state index in [-0.39, 0.29) is 11.4 Å². The van der Waals surface area contributed by atoms with Crippen molar-refractivity contribution in [1.82, 2.24) is 4.31 Å². The molecule has 0 aliphatic rings. The number of sulfonamides is 1. The summed E-state index contributed by atoms with van der Waals surface area (Å²) in [6, 6.07) is 8.22. The van der Waals surface area contributed by atoms with Crippen molar-refractivity contribution in [1.29, 1.82) is 5.26 Å². The molecule has 0 amide bonds. The maximum absolute atomic E-state index is 12.4. The van der Waals surface area contributed by atoms with Gasteiger partial charge >= 0.3 is 0 Å². The fraction of sp³-hybridized carbons (Fsp3) is 0.214. The Morgan fingerprint density at radius 3 is 2.65 bits per heavy atom. The summed E-state index contributed by atoms with van der Waals surface area (Å²) in [6.45, 7) is 1.95. The smallest absolute Gasteiger partial charge is 0.243 e. The topological polar surface area (TPSA) is 74.3 Å². The fourth-order valence-corrected chi connectivity index (χ4v) is 3.07. The predicted molar refractivity (Wildman–Crippen MR) is 73.3 cm³/mol. The van der Waals surface area contributed by atoms with Crippen LogP contribution in [-0.4, -0.2) is 19.8 Å². The Balaban J connectivity index is 2.30. The fourth-order valence-electron chi connectivity index (χ4n) is 1.83. The van der Waals surface area contributed by atoms with Gasteiger partial charge in [0, 0.05) is 19.2 Å². The molecule has 2 aromatic rings. The Kier molecular flexibility index (Phi) is 3.93. The molecule has 1 aromatic heterocycles. The summed E-state index contributed by atoms with van der Waals surface area (Å²) in [4.78, 5) is 0.181. The lowest BCUT2D eigenvalue weighted by Crippen LogP contribution is -2.26. The maximum Gasteiger partial charge on any atom is 0.243 e. The number of nitrogens with zero attached hydrogens (tertiary/aromatic N) is 2. The molecule has 0 saturated heterocycles. The predicted octanol–water partition coefficient (Wildman–Crippen LogP) is 2.28. The molecular formula is C14H14N2O3S. The highest BCUT2D eigenvalue weighted by molar-refractivity contribution is 7.89. The van der Waals surface area contributed by atoms with E-state index < -0.39 is 10.0 Å². The average Bonchev–Trinajstić information content (AvgIpc) is 2.91. The van der Waals surface area contributed by atoms with Crippen molar-refractivity contribution in [3.05, 3.63) is 53.5 Å². The van der Waals surface area contributed by atoms with Crippen molar-refractivity contribution in [3.63, 3.8) is 0 Å². The SMILES string of the molecule is Cc1cc(S(=O)(=O)N(C)Cc2ccoc2)ccc1C#N. The molecule has 1 aromatic carbocycles. The van der Waals surface area contributed by atoms with Gasteiger partial charge in [0.2, 0.25) is 10.0 Å². The molecule has 2 rings (SSSR count). The first-order valence-corrected chi connectivity index (χ1v) is 7.37. The van der Waals surface area contributed by atoms with Crippen LogP contribution in [0.1, 0.15) is 16.7 Å². The summed E-state index contributed by atoms with van der Waals surface area (Å²) in [5, 5.41) is 8.87. The van der Waals surface area contributed by atoms with Gasteiger partial charge in [0.15, 0.2) is 0 Å². The van der Waals surface area contributed by atoms with Crippen molar-refractivity contribution in [2.75, 3.05) is 7.05 Å². The number of hydrogen-bond donors (Lipinski definition) is 0. The van der Waals surface area contributed by atoms with E-state index in [1.54, 1.807) is 13.0 Å². The third kappa shape index (κ3) is 2.74. The van der Waals surface area contributed by atoms with Crippen molar-refractivity contribution in [2.24, 2.45) is 0 Å². The molecule has 20 heavy (non-hydrogen) atoms. The molecule has 0 aliphatic heterocycles. The maximum atomic E-state index is 12.4. The normalized spacial score (nSPS) is 11.5. The summed E-state index contributed by atoms with van der Waals surface area (Å²) in [5.41, 5.74) is 1.90. The zero-order valence-corrected chi connectivity index (χ0v) is 12.0. The van der Waals surface area contributed by atoms with Gasteiger partial charge in [0.1, 0.15) is 0 Å². The quantitative estimate of drug-likeness (QED) is 0.865. The van der Waals surface area contributed by atoms with Crippen LogP contribution >= 0.6 is 0 Å². The Bertz CT molecular complexity index is 743. The van der Waals surface area contributed by atoms with Gasteiger partial charge < -0.3 is 4.42 Å². The minimum Gasteiger partial charge on any atom is -0.472 e. The van der Waals surface area contributed by atoms with Gasteiger partial charge in [-0.3, -0.25) is 0 Å². The standard InChI is InChI=1S/C14H14N2O3S/c1-11-7-14(4-3-13(11)8-15)20(17,18)16(2)9-12-5-6-19-10-12/h3-7,10H,9H2,1-2H3. The van der Waals surface area contributed by atoms with E-state index in [4.69, 9.17) is 9.68 Å². The third-order valence-corrected chi connectivity index (χ3v) is 4.81. The zero-order chi connectivity index (χ0) is 14.8. The minimum absolute atomic E-state index is 0.181. The van der Waals surface area contributed by atoms with E-state index in [0.717, 1.165) is 5.56 Å². The van der Waals surface area contributed by atoms with Gasteiger partial charge in [0.25, 0.3) is 0 Å². The number of benzene rings is 1. The molecule has 0 saturated carbocycles. The van der Waals surface area contributed by atoms with Crippen LogP contribution in [0.4, 0.5) is 0 Å². The lowest BCUT2D eigenvalue weighted by atomic mass is 10.1. The van der Waals surface area contributed by atoms with E-state index in [2.05, 4.69) is 0 Å². The van der Waals surface area contributed by atoms with Crippen LogP contribution < -0.4 is 0 Å². The van der Waals surface area contributed by atoms with Crippen molar-refractivity contribution >= 4 is 10.0 Å². The highest BCUT2D eigenvalue weighted by atomic mass is 32.2. The summed E-state index contributed by atoms with van der Waals surface area (Å²) in [7, 11) is -2.07. The molecule has 6 heteroatoms. The molecule has 0 N–H and O–H groups in total. The van der Waals surface area contributed by atoms with Crippen LogP contribution in [0.2, 0.25) is 0 Å². The van der Waals surface area contributed by atoms with Crippen molar-refractivity contribution < 1.29 is 12.8 Å². The van der Waals surface area contributed by atoms with Crippen molar-refractivity contribution in [2.45, 2.75) is 18.4 Å². The number of furan rings is 1. The molecule has 0 fully saturated rings. The molecular weight excluding hydrogens is 276 g/mol. The van der Waals surface area contributed by atoms with E-state index in [9.17, 15) is 8.42 Å². The lowest BCUT2D eigenvalue weighted by Gasteiger charge is -2.16. The molecule has 5 nitrogen and oxygen atoms in total. The molecule has 0 bridgehead atoms. The average molecular weight is 290 g/mol. The van der Waals surface area contributed by atoms with Gasteiger partial charge in [0.05, 0.1) is 29.1 Å². The molecule has 0 spiro atoms. The molecule has 1 heterocycles. The first-order chi connectivity index (χ1) is 9.45. The van der Waals surface area contributed by atoms with Crippen molar-refractivity contribution in [3.8, 4) is 6.07 Å². The number of nitriles is 1. The number of hydrogen-bond acceptors (Lipinski definition) is 4. The van der Waals surface area contributed by atoms with Crippen LogP contribution in [0.5, 0.6) is 0 Å². The molecule has 0 aliphatic carbocycles. The Morgan fingerprint density at radius 2 is 2.10 bits per heavy atom. The second-order valence-electron chi connectivity index (χ2n) is 4.48. The van der Waals surface area contributed by atoms with E-state index in [1.807, 2.05) is 6.07 Å². The van der Waals surface area contributed by atoms with E-state index >= 15 is 0 Å². The first kappa shape index (κ1) is 14.3. The first-order valence-electron chi connectivity index (χ1n) is 5.93. The highest BCUT2D eigenvalue weighted by Crippen LogP contribution is 2.19. The van der Waals surface area contributed by atoms with Crippen LogP contribution in [0, 0.1) is 18.3 Å². The largest absolute Gasteiger partial charge is 0.472 e. The van der Waals surface area contributed by atoms with E-state index in [1.165, 1.54) is 42.1 Å². The van der Waals surface area contributed by atoms with Gasteiger partial charge in [-0.25, -0.2) is 8.42 Å². The van der Waals surface area contributed by atoms with Crippen LogP contribution in [0.15, 0.2) is 46.1 Å². The van der Waals surface area contributed by atoms with Crippen LogP contribution in [0.25, 0.3) is 0 Å². The number of rotatable bonds is 4. The summed E-state index contributed by atoms with van der Waals surface area (Å²) >= 11 is 0. The molecule has 0 unspecified atom stereocenters.